The first-order valence-electron chi connectivity index (χ1n) is 8.95. The molecule has 26 heavy (non-hydrogen) atoms. The summed E-state index contributed by atoms with van der Waals surface area (Å²) in [5, 5.41) is 13.9. The molecule has 2 aliphatic rings. The first kappa shape index (κ1) is 18.4. The van der Waals surface area contributed by atoms with Gasteiger partial charge in [0.05, 0.1) is 17.2 Å². The van der Waals surface area contributed by atoms with Crippen molar-refractivity contribution in [1.82, 2.24) is 19.6 Å². The molecule has 0 aliphatic carbocycles. The number of nitrogens with zero attached hydrogens (tertiary/aromatic N) is 4. The van der Waals surface area contributed by atoms with E-state index < -0.39 is 17.4 Å². The molecule has 1 spiro atoms. The molecular formula is C18H26N4O4. The molecule has 0 aromatic carbocycles. The van der Waals surface area contributed by atoms with E-state index >= 15 is 0 Å². The standard InChI is InChI=1S/C18H26N4O4/c1-11-12(2)19-22(13(11)3)10-16(24)21-7-5-18(6-8-21)14(17(25)26)9-15(23)20(18)4/h14H,5-10H2,1-4H3,(H,25,26)/t14-/m0/s1. The van der Waals surface area contributed by atoms with E-state index in [0.717, 1.165) is 17.0 Å². The molecule has 0 unspecified atom stereocenters. The fourth-order valence-electron chi connectivity index (χ4n) is 4.30. The van der Waals surface area contributed by atoms with Crippen LogP contribution in [0.2, 0.25) is 0 Å². The van der Waals surface area contributed by atoms with Crippen molar-refractivity contribution in [2.45, 2.75) is 52.1 Å². The van der Waals surface area contributed by atoms with Gasteiger partial charge in [-0.3, -0.25) is 19.1 Å². The number of amides is 2. The zero-order chi connectivity index (χ0) is 19.2. The summed E-state index contributed by atoms with van der Waals surface area (Å²) in [6.45, 7) is 6.96. The topological polar surface area (TPSA) is 95.7 Å². The highest BCUT2D eigenvalue weighted by Crippen LogP contribution is 2.42. The maximum absolute atomic E-state index is 12.7. The molecule has 0 bridgehead atoms. The van der Waals surface area contributed by atoms with Crippen LogP contribution in [-0.2, 0) is 20.9 Å². The van der Waals surface area contributed by atoms with E-state index in [1.54, 1.807) is 21.5 Å². The summed E-state index contributed by atoms with van der Waals surface area (Å²) in [5.74, 6) is -1.78. The van der Waals surface area contributed by atoms with Gasteiger partial charge in [-0.2, -0.15) is 5.10 Å². The van der Waals surface area contributed by atoms with Crippen LogP contribution in [0.4, 0.5) is 0 Å². The fourth-order valence-corrected chi connectivity index (χ4v) is 4.30. The first-order valence-corrected chi connectivity index (χ1v) is 8.95. The second-order valence-corrected chi connectivity index (χ2v) is 7.49. The lowest BCUT2D eigenvalue weighted by molar-refractivity contribution is -0.147. The predicted octanol–water partition coefficient (Wildman–Crippen LogP) is 0.732. The minimum atomic E-state index is -0.930. The van der Waals surface area contributed by atoms with Crippen molar-refractivity contribution in [3.8, 4) is 0 Å². The van der Waals surface area contributed by atoms with Crippen molar-refractivity contribution in [1.29, 1.82) is 0 Å². The molecule has 3 rings (SSSR count). The maximum atomic E-state index is 12.7. The molecule has 2 saturated heterocycles. The molecule has 2 fully saturated rings. The quantitative estimate of drug-likeness (QED) is 0.855. The van der Waals surface area contributed by atoms with Crippen LogP contribution in [0.5, 0.6) is 0 Å². The van der Waals surface area contributed by atoms with Gasteiger partial charge in [-0.15, -0.1) is 0 Å². The van der Waals surface area contributed by atoms with Gasteiger partial charge < -0.3 is 14.9 Å². The molecule has 1 atom stereocenters. The lowest BCUT2D eigenvalue weighted by Crippen LogP contribution is -2.57. The number of carboxylic acids is 1. The SMILES string of the molecule is Cc1nn(CC(=O)N2CCC3(CC2)[C@H](C(=O)O)CC(=O)N3C)c(C)c1C. The van der Waals surface area contributed by atoms with Crippen molar-refractivity contribution >= 4 is 17.8 Å². The van der Waals surface area contributed by atoms with Crippen molar-refractivity contribution in [3.63, 3.8) is 0 Å². The Balaban J connectivity index is 1.69. The van der Waals surface area contributed by atoms with E-state index in [4.69, 9.17) is 0 Å². The molecule has 8 heteroatoms. The molecule has 3 heterocycles. The van der Waals surface area contributed by atoms with Crippen LogP contribution < -0.4 is 0 Å². The third kappa shape index (κ3) is 2.77. The Hall–Kier alpha value is -2.38. The van der Waals surface area contributed by atoms with Crippen LogP contribution >= 0.6 is 0 Å². The van der Waals surface area contributed by atoms with Crippen molar-refractivity contribution in [2.24, 2.45) is 5.92 Å². The number of rotatable bonds is 3. The van der Waals surface area contributed by atoms with Gasteiger partial charge in [0, 0.05) is 32.3 Å². The molecule has 1 N–H and O–H groups in total. The van der Waals surface area contributed by atoms with Gasteiger partial charge >= 0.3 is 5.97 Å². The van der Waals surface area contributed by atoms with Gasteiger partial charge in [-0.25, -0.2) is 0 Å². The predicted molar refractivity (Wildman–Crippen MR) is 93.5 cm³/mol. The first-order chi connectivity index (χ1) is 12.2. The minimum Gasteiger partial charge on any atom is -0.481 e. The zero-order valence-electron chi connectivity index (χ0n) is 15.8. The number of aryl methyl sites for hydroxylation is 1. The number of hydrogen-bond donors (Lipinski definition) is 1. The number of carbonyl (C=O) groups excluding carboxylic acids is 2. The zero-order valence-corrected chi connectivity index (χ0v) is 15.8. The lowest BCUT2D eigenvalue weighted by Gasteiger charge is -2.45. The van der Waals surface area contributed by atoms with Gasteiger partial charge in [0.1, 0.15) is 6.54 Å². The Kier molecular flexibility index (Phi) is 4.54. The maximum Gasteiger partial charge on any atom is 0.309 e. The Morgan fingerprint density at radius 3 is 2.35 bits per heavy atom. The highest BCUT2D eigenvalue weighted by molar-refractivity contribution is 5.88. The minimum absolute atomic E-state index is 0.0238. The monoisotopic (exact) mass is 362 g/mol. The van der Waals surface area contributed by atoms with E-state index in [0.29, 0.717) is 25.9 Å². The molecule has 2 aliphatic heterocycles. The summed E-state index contributed by atoms with van der Waals surface area (Å²) in [6.07, 6.45) is 1.03. The van der Waals surface area contributed by atoms with Crippen LogP contribution in [-0.4, -0.2) is 68.1 Å². The van der Waals surface area contributed by atoms with Crippen LogP contribution in [0.25, 0.3) is 0 Å². The van der Waals surface area contributed by atoms with Gasteiger partial charge in [0.2, 0.25) is 11.8 Å². The molecule has 0 saturated carbocycles. The Morgan fingerprint density at radius 1 is 1.23 bits per heavy atom. The second-order valence-electron chi connectivity index (χ2n) is 7.49. The highest BCUT2D eigenvalue weighted by atomic mass is 16.4. The van der Waals surface area contributed by atoms with Crippen LogP contribution in [0, 0.1) is 26.7 Å². The van der Waals surface area contributed by atoms with Gasteiger partial charge in [-0.05, 0) is 39.2 Å². The van der Waals surface area contributed by atoms with Gasteiger partial charge in [0.15, 0.2) is 0 Å². The third-order valence-electron chi connectivity index (χ3n) is 6.38. The number of carbonyl (C=O) groups is 3. The summed E-state index contributed by atoms with van der Waals surface area (Å²) in [4.78, 5) is 39.7. The lowest BCUT2D eigenvalue weighted by atomic mass is 9.77. The van der Waals surface area contributed by atoms with Crippen molar-refractivity contribution < 1.29 is 19.5 Å². The number of carboxylic acid groups (broad SMARTS) is 1. The molecule has 1 aromatic rings. The summed E-state index contributed by atoms with van der Waals surface area (Å²) in [7, 11) is 1.68. The van der Waals surface area contributed by atoms with Gasteiger partial charge in [0.25, 0.3) is 0 Å². The Labute approximate surface area is 152 Å². The number of likely N-dealkylation sites (tertiary alicyclic amines) is 2. The summed E-state index contributed by atoms with van der Waals surface area (Å²) in [6, 6.07) is 0. The van der Waals surface area contributed by atoms with E-state index in [9.17, 15) is 19.5 Å². The number of aromatic nitrogens is 2. The van der Waals surface area contributed by atoms with E-state index in [1.165, 1.54) is 0 Å². The van der Waals surface area contributed by atoms with Crippen LogP contribution in [0.15, 0.2) is 0 Å². The van der Waals surface area contributed by atoms with Crippen molar-refractivity contribution in [3.05, 3.63) is 17.0 Å². The number of hydrogen-bond acceptors (Lipinski definition) is 4. The molecule has 0 radical (unpaired) electrons. The smallest absolute Gasteiger partial charge is 0.309 e. The molecular weight excluding hydrogens is 336 g/mol. The molecule has 2 amide bonds. The Morgan fingerprint density at radius 2 is 1.85 bits per heavy atom. The Bertz CT molecular complexity index is 761. The number of aliphatic carboxylic acids is 1. The van der Waals surface area contributed by atoms with Crippen molar-refractivity contribution in [2.75, 3.05) is 20.1 Å². The second kappa shape index (κ2) is 6.41. The summed E-state index contributed by atoms with van der Waals surface area (Å²) < 4.78 is 1.72. The highest BCUT2D eigenvalue weighted by Gasteiger charge is 2.55. The molecule has 8 nitrogen and oxygen atoms in total. The van der Waals surface area contributed by atoms with E-state index in [2.05, 4.69) is 5.10 Å². The van der Waals surface area contributed by atoms with Crippen LogP contribution in [0.1, 0.15) is 36.2 Å². The largest absolute Gasteiger partial charge is 0.481 e. The average molecular weight is 362 g/mol. The normalized spacial score (nSPS) is 22.3. The van der Waals surface area contributed by atoms with Crippen LogP contribution in [0.3, 0.4) is 0 Å². The third-order valence-corrected chi connectivity index (χ3v) is 6.38. The fraction of sp³-hybridized carbons (Fsp3) is 0.667. The summed E-state index contributed by atoms with van der Waals surface area (Å²) >= 11 is 0. The van der Waals surface area contributed by atoms with E-state index in [1.807, 2.05) is 20.8 Å². The van der Waals surface area contributed by atoms with Gasteiger partial charge in [-0.1, -0.05) is 0 Å². The molecule has 1 aromatic heterocycles. The van der Waals surface area contributed by atoms with E-state index in [-0.39, 0.29) is 24.8 Å². The number of piperidine rings is 1. The molecule has 142 valence electrons. The summed E-state index contributed by atoms with van der Waals surface area (Å²) in [5.41, 5.74) is 2.32. The average Bonchev–Trinajstić information content (AvgIpc) is 2.99.